The van der Waals surface area contributed by atoms with Crippen LogP contribution in [-0.4, -0.2) is 54.0 Å². The molecule has 1 aliphatic heterocycles. The summed E-state index contributed by atoms with van der Waals surface area (Å²) in [6.45, 7) is 2.65. The molecule has 1 aliphatic rings. The van der Waals surface area contributed by atoms with Gasteiger partial charge in [-0.1, -0.05) is 0 Å². The predicted octanol–water partition coefficient (Wildman–Crippen LogP) is -0.652. The van der Waals surface area contributed by atoms with E-state index in [0.29, 0.717) is 13.1 Å². The molecular weight excluding hydrogens is 188 g/mol. The van der Waals surface area contributed by atoms with E-state index in [9.17, 15) is 9.59 Å². The molecule has 78 valence electrons. The summed E-state index contributed by atoms with van der Waals surface area (Å²) < 4.78 is 4.73. The lowest BCUT2D eigenvalue weighted by atomic mass is 10.4. The number of carboxylic acid groups (broad SMARTS) is 1. The second-order valence-electron chi connectivity index (χ2n) is 2.74. The molecule has 0 unspecified atom stereocenters. The number of esters is 1. The molecule has 0 aromatic rings. The van der Waals surface area contributed by atoms with Gasteiger partial charge in [-0.15, -0.1) is 0 Å². The highest BCUT2D eigenvalue weighted by Gasteiger charge is 2.26. The molecule has 0 bridgehead atoms. The summed E-state index contributed by atoms with van der Waals surface area (Å²) in [5, 5.41) is 8.55. The van der Waals surface area contributed by atoms with Crippen LogP contribution in [-0.2, 0) is 14.3 Å². The molecule has 6 heteroatoms. The first-order chi connectivity index (χ1) is 6.65. The minimum absolute atomic E-state index is 0.120. The average Bonchev–Trinajstić information content (AvgIpc) is 2.51. The molecule has 6 nitrogen and oxygen atoms in total. The largest absolute Gasteiger partial charge is 0.480 e. The fraction of sp³-hybridized carbons (Fsp3) is 0.625. The average molecular weight is 200 g/mol. The number of carboxylic acids is 1. The van der Waals surface area contributed by atoms with Crippen molar-refractivity contribution in [3.05, 3.63) is 0 Å². The molecular formula is C8H12N2O4. The molecule has 0 saturated heterocycles. The van der Waals surface area contributed by atoms with Gasteiger partial charge in [0.25, 0.3) is 0 Å². The lowest BCUT2D eigenvalue weighted by Crippen LogP contribution is -2.38. The van der Waals surface area contributed by atoms with E-state index in [1.165, 1.54) is 4.90 Å². The van der Waals surface area contributed by atoms with E-state index >= 15 is 0 Å². The van der Waals surface area contributed by atoms with Gasteiger partial charge in [-0.2, -0.15) is 0 Å². The summed E-state index contributed by atoms with van der Waals surface area (Å²) in [5.74, 6) is -1.41. The molecule has 1 N–H and O–H groups in total. The van der Waals surface area contributed by atoms with E-state index in [-0.39, 0.29) is 19.0 Å². The Labute approximate surface area is 81.2 Å². The quantitative estimate of drug-likeness (QED) is 0.610. The maximum Gasteiger partial charge on any atom is 0.373 e. The first kappa shape index (κ1) is 10.5. The Morgan fingerprint density at radius 2 is 2.36 bits per heavy atom. The van der Waals surface area contributed by atoms with Crippen LogP contribution < -0.4 is 0 Å². The van der Waals surface area contributed by atoms with Gasteiger partial charge in [0.2, 0.25) is 5.84 Å². The van der Waals surface area contributed by atoms with E-state index in [1.54, 1.807) is 6.92 Å². The lowest BCUT2D eigenvalue weighted by molar-refractivity contribution is -0.137. The van der Waals surface area contributed by atoms with Crippen molar-refractivity contribution in [2.75, 3.05) is 26.2 Å². The number of aliphatic imine (C=N–C) groups is 1. The number of hydrogen-bond acceptors (Lipinski definition) is 5. The molecule has 0 fully saturated rings. The summed E-state index contributed by atoms with van der Waals surface area (Å²) in [7, 11) is 0. The third-order valence-corrected chi connectivity index (χ3v) is 1.72. The Morgan fingerprint density at radius 3 is 2.93 bits per heavy atom. The van der Waals surface area contributed by atoms with Gasteiger partial charge in [-0.25, -0.2) is 4.79 Å². The molecule has 1 heterocycles. The number of ether oxygens (including phenoxy) is 1. The van der Waals surface area contributed by atoms with Crippen LogP contribution in [0, 0.1) is 0 Å². The second-order valence-corrected chi connectivity index (χ2v) is 2.74. The number of carbonyl (C=O) groups excluding carboxylic acids is 1. The molecule has 1 rings (SSSR count). The second kappa shape index (κ2) is 4.59. The van der Waals surface area contributed by atoms with Crippen LogP contribution in [0.1, 0.15) is 6.92 Å². The van der Waals surface area contributed by atoms with Gasteiger partial charge in [0.05, 0.1) is 13.2 Å². The topological polar surface area (TPSA) is 79.2 Å². The fourth-order valence-corrected chi connectivity index (χ4v) is 1.19. The Balaban J connectivity index is 2.58. The standard InChI is InChI=1S/C8H12N2O4/c1-2-14-8(13)7-9-3-4-10(7)5-6(11)12/h2-5H2,1H3,(H,11,12). The molecule has 0 aromatic carbocycles. The molecule has 0 atom stereocenters. The number of carbonyl (C=O) groups is 2. The normalized spacial score (nSPS) is 15.2. The van der Waals surface area contributed by atoms with E-state index in [4.69, 9.17) is 9.84 Å². The fourth-order valence-electron chi connectivity index (χ4n) is 1.19. The van der Waals surface area contributed by atoms with Gasteiger partial charge in [0.15, 0.2) is 0 Å². The molecule has 0 radical (unpaired) electrons. The summed E-state index contributed by atoms with van der Waals surface area (Å²) in [6.07, 6.45) is 0. The van der Waals surface area contributed by atoms with Gasteiger partial charge >= 0.3 is 11.9 Å². The van der Waals surface area contributed by atoms with Gasteiger partial charge in [0, 0.05) is 6.54 Å². The molecule has 0 saturated carbocycles. The van der Waals surface area contributed by atoms with Crippen LogP contribution in [0.25, 0.3) is 0 Å². The van der Waals surface area contributed by atoms with Gasteiger partial charge in [-0.05, 0) is 6.92 Å². The van der Waals surface area contributed by atoms with Crippen molar-refractivity contribution in [2.45, 2.75) is 6.92 Å². The van der Waals surface area contributed by atoms with Crippen LogP contribution in [0.15, 0.2) is 4.99 Å². The third-order valence-electron chi connectivity index (χ3n) is 1.72. The minimum Gasteiger partial charge on any atom is -0.480 e. The van der Waals surface area contributed by atoms with Crippen LogP contribution in [0.3, 0.4) is 0 Å². The first-order valence-electron chi connectivity index (χ1n) is 4.33. The Morgan fingerprint density at radius 1 is 1.64 bits per heavy atom. The van der Waals surface area contributed by atoms with E-state index in [2.05, 4.69) is 4.99 Å². The number of amidine groups is 1. The Bertz CT molecular complexity index is 275. The summed E-state index contributed by atoms with van der Waals surface area (Å²) in [6, 6.07) is 0. The van der Waals surface area contributed by atoms with Gasteiger partial charge in [0.1, 0.15) is 6.54 Å². The Kier molecular flexibility index (Phi) is 3.44. The van der Waals surface area contributed by atoms with Crippen LogP contribution in [0.5, 0.6) is 0 Å². The number of hydrogen-bond donors (Lipinski definition) is 1. The zero-order valence-corrected chi connectivity index (χ0v) is 7.89. The van der Waals surface area contributed by atoms with Crippen molar-refractivity contribution < 1.29 is 19.4 Å². The van der Waals surface area contributed by atoms with Crippen molar-refractivity contribution in [2.24, 2.45) is 4.99 Å². The molecule has 0 aromatic heterocycles. The summed E-state index contributed by atoms with van der Waals surface area (Å²) in [5.41, 5.74) is 0. The monoisotopic (exact) mass is 200 g/mol. The lowest BCUT2D eigenvalue weighted by Gasteiger charge is -2.15. The molecule has 14 heavy (non-hydrogen) atoms. The van der Waals surface area contributed by atoms with Crippen molar-refractivity contribution in [1.29, 1.82) is 0 Å². The van der Waals surface area contributed by atoms with Crippen molar-refractivity contribution in [1.82, 2.24) is 4.90 Å². The minimum atomic E-state index is -0.983. The summed E-state index contributed by atoms with van der Waals surface area (Å²) >= 11 is 0. The van der Waals surface area contributed by atoms with Gasteiger partial charge in [-0.3, -0.25) is 9.79 Å². The molecule has 0 aliphatic carbocycles. The number of aliphatic carboxylic acids is 1. The van der Waals surface area contributed by atoms with Crippen molar-refractivity contribution in [3.8, 4) is 0 Å². The molecule has 0 amide bonds. The number of rotatable bonds is 4. The van der Waals surface area contributed by atoms with Crippen LogP contribution in [0.4, 0.5) is 0 Å². The highest BCUT2D eigenvalue weighted by molar-refractivity contribution is 6.35. The Hall–Kier alpha value is -1.59. The maximum absolute atomic E-state index is 11.2. The molecule has 0 spiro atoms. The van der Waals surface area contributed by atoms with E-state index in [0.717, 1.165) is 0 Å². The van der Waals surface area contributed by atoms with E-state index < -0.39 is 11.9 Å². The SMILES string of the molecule is CCOC(=O)C1=NCCN1CC(=O)O. The zero-order chi connectivity index (χ0) is 10.6. The predicted molar refractivity (Wildman–Crippen MR) is 48.1 cm³/mol. The zero-order valence-electron chi connectivity index (χ0n) is 7.89. The van der Waals surface area contributed by atoms with Crippen LogP contribution in [0.2, 0.25) is 0 Å². The maximum atomic E-state index is 11.2. The highest BCUT2D eigenvalue weighted by Crippen LogP contribution is 2.03. The van der Waals surface area contributed by atoms with Crippen molar-refractivity contribution >= 4 is 17.8 Å². The summed E-state index contributed by atoms with van der Waals surface area (Å²) in [4.78, 5) is 27.0. The van der Waals surface area contributed by atoms with Crippen LogP contribution >= 0.6 is 0 Å². The van der Waals surface area contributed by atoms with E-state index in [1.807, 2.05) is 0 Å². The van der Waals surface area contributed by atoms with Crippen molar-refractivity contribution in [3.63, 3.8) is 0 Å². The number of nitrogens with zero attached hydrogens (tertiary/aromatic N) is 2. The first-order valence-corrected chi connectivity index (χ1v) is 4.33. The smallest absolute Gasteiger partial charge is 0.373 e. The third kappa shape index (κ3) is 2.45. The highest BCUT2D eigenvalue weighted by atomic mass is 16.5. The van der Waals surface area contributed by atoms with Gasteiger partial charge < -0.3 is 14.7 Å².